The Morgan fingerprint density at radius 3 is 1.91 bits per heavy atom. The van der Waals surface area contributed by atoms with Crippen LogP contribution in [0.2, 0.25) is 0 Å². The number of hydrogen-bond acceptors (Lipinski definition) is 7. The molecule has 0 spiro atoms. The van der Waals surface area contributed by atoms with Gasteiger partial charge in [0, 0.05) is 25.0 Å². The zero-order valence-corrected chi connectivity index (χ0v) is 25.5. The van der Waals surface area contributed by atoms with Crippen LogP contribution in [0.25, 0.3) is 0 Å². The second kappa shape index (κ2) is 16.2. The molecule has 0 bridgehead atoms. The highest BCUT2D eigenvalue weighted by Gasteiger charge is 2.33. The Balaban J connectivity index is 1.69. The smallest absolute Gasteiger partial charge is 0.407 e. The molecule has 11 heteroatoms. The molecule has 0 saturated carbocycles. The van der Waals surface area contributed by atoms with Crippen molar-refractivity contribution in [3.05, 3.63) is 102 Å². The van der Waals surface area contributed by atoms with Gasteiger partial charge in [0.05, 0.1) is 25.2 Å². The van der Waals surface area contributed by atoms with Crippen molar-refractivity contribution in [2.24, 2.45) is 0 Å². The van der Waals surface area contributed by atoms with E-state index in [0.717, 1.165) is 15.4 Å². The first-order chi connectivity index (χ1) is 20.6. The molecule has 2 amide bonds. The molecular formula is C32H41N3O7S. The predicted molar refractivity (Wildman–Crippen MR) is 164 cm³/mol. The van der Waals surface area contributed by atoms with E-state index in [1.54, 1.807) is 12.1 Å². The number of aliphatic hydroxyl groups excluding tert-OH is 2. The first-order valence-electron chi connectivity index (χ1n) is 14.2. The highest BCUT2D eigenvalue weighted by Crippen LogP contribution is 2.29. The molecule has 0 unspecified atom stereocenters. The Labute approximate surface area is 253 Å². The Kier molecular flexibility index (Phi) is 12.7. The number of nitrogens with one attached hydrogen (secondary N) is 2. The van der Waals surface area contributed by atoms with Gasteiger partial charge in [-0.3, -0.25) is 4.79 Å². The number of hydrogen-bond donors (Lipinski definition) is 4. The minimum Gasteiger partial charge on any atom is -0.453 e. The van der Waals surface area contributed by atoms with Crippen molar-refractivity contribution in [2.45, 2.75) is 61.7 Å². The summed E-state index contributed by atoms with van der Waals surface area (Å²) in [4.78, 5) is 26.1. The number of benzene rings is 3. The Bertz CT molecular complexity index is 1360. The summed E-state index contributed by atoms with van der Waals surface area (Å²) in [5.41, 5.74) is 2.29. The van der Waals surface area contributed by atoms with E-state index in [1.165, 1.54) is 26.3 Å². The molecule has 0 aliphatic carbocycles. The number of rotatable bonds is 15. The summed E-state index contributed by atoms with van der Waals surface area (Å²) < 4.78 is 32.2. The summed E-state index contributed by atoms with van der Waals surface area (Å²) in [5.74, 6) is -0.877. The zero-order valence-electron chi connectivity index (χ0n) is 24.7. The molecule has 0 radical (unpaired) electrons. The number of methoxy groups -OCH3 is 1. The number of carbonyl (C=O) groups excluding carboxylic acids is 2. The lowest BCUT2D eigenvalue weighted by Crippen LogP contribution is -2.52. The van der Waals surface area contributed by atoms with E-state index in [4.69, 9.17) is 4.74 Å². The summed E-state index contributed by atoms with van der Waals surface area (Å²) in [6, 6.07) is 22.9. The third-order valence-corrected chi connectivity index (χ3v) is 9.39. The first kappa shape index (κ1) is 33.7. The van der Waals surface area contributed by atoms with Crippen molar-refractivity contribution in [1.29, 1.82) is 0 Å². The summed E-state index contributed by atoms with van der Waals surface area (Å²) in [7, 11) is -1.19. The van der Waals surface area contributed by atoms with Crippen molar-refractivity contribution in [1.82, 2.24) is 14.9 Å². The van der Waals surface area contributed by atoms with Gasteiger partial charge in [-0.05, 0) is 55.0 Å². The molecule has 0 heterocycles. The molecule has 0 aliphatic heterocycles. The number of nitrogens with zero attached hydrogens (tertiary/aromatic N) is 1. The van der Waals surface area contributed by atoms with Gasteiger partial charge in [-0.15, -0.1) is 0 Å². The fourth-order valence-corrected chi connectivity index (χ4v) is 6.34. The normalized spacial score (nSPS) is 13.7. The van der Waals surface area contributed by atoms with Crippen molar-refractivity contribution in [3.63, 3.8) is 0 Å². The van der Waals surface area contributed by atoms with Crippen LogP contribution in [0.15, 0.2) is 89.8 Å². The molecule has 43 heavy (non-hydrogen) atoms. The maximum Gasteiger partial charge on any atom is 0.407 e. The Morgan fingerprint density at radius 1 is 0.860 bits per heavy atom. The van der Waals surface area contributed by atoms with Gasteiger partial charge < -0.3 is 25.6 Å². The lowest BCUT2D eigenvalue weighted by Gasteiger charge is -2.29. The van der Waals surface area contributed by atoms with Gasteiger partial charge in [-0.1, -0.05) is 72.8 Å². The monoisotopic (exact) mass is 611 g/mol. The van der Waals surface area contributed by atoms with E-state index in [-0.39, 0.29) is 30.1 Å². The van der Waals surface area contributed by atoms with Gasteiger partial charge in [0.2, 0.25) is 15.9 Å². The maximum absolute atomic E-state index is 13.7. The molecule has 3 rings (SSSR count). The standard InChI is InChI=1S/C32H41N3O7S/c1-23(11-10-16-27(22-37)35(2)43(40,41)28-19-17-24(21-36)18-20-28)33-31(38)30(34-32(39)42-3)29(25-12-6-4-7-13-25)26-14-8-5-9-15-26/h4-9,12-15,17-20,23,27,29-30,36-37H,10-11,16,21-22H2,1-3H3,(H,33,38)(H,34,39)/t23-,27-,30-/m0/s1. The SMILES string of the molecule is COC(=O)N[C@H](C(=O)N[C@@H](C)CCC[C@@H](CO)N(C)S(=O)(=O)c1ccc(CO)cc1)C(c1ccccc1)c1ccccc1. The molecule has 3 atom stereocenters. The number of aliphatic hydroxyl groups is 2. The van der Waals surface area contributed by atoms with Crippen LogP contribution in [-0.4, -0.2) is 73.8 Å². The lowest BCUT2D eigenvalue weighted by atomic mass is 9.84. The molecule has 0 aliphatic rings. The highest BCUT2D eigenvalue weighted by atomic mass is 32.2. The number of sulfonamides is 1. The maximum atomic E-state index is 13.7. The van der Waals surface area contributed by atoms with E-state index in [2.05, 4.69) is 10.6 Å². The number of alkyl carbamates (subject to hydrolysis) is 1. The summed E-state index contributed by atoms with van der Waals surface area (Å²) in [6.07, 6.45) is 0.659. The van der Waals surface area contributed by atoms with Crippen LogP contribution in [0.4, 0.5) is 4.79 Å². The van der Waals surface area contributed by atoms with Crippen LogP contribution in [0.3, 0.4) is 0 Å². The Hall–Kier alpha value is -3.77. The minimum atomic E-state index is -3.86. The van der Waals surface area contributed by atoms with Crippen molar-refractivity contribution in [3.8, 4) is 0 Å². The molecule has 10 nitrogen and oxygen atoms in total. The zero-order chi connectivity index (χ0) is 31.4. The molecular weight excluding hydrogens is 570 g/mol. The fraction of sp³-hybridized carbons (Fsp3) is 0.375. The predicted octanol–water partition coefficient (Wildman–Crippen LogP) is 3.39. The van der Waals surface area contributed by atoms with Crippen LogP contribution < -0.4 is 10.6 Å². The summed E-state index contributed by atoms with van der Waals surface area (Å²) >= 11 is 0. The van der Waals surface area contributed by atoms with E-state index >= 15 is 0 Å². The second-order valence-electron chi connectivity index (χ2n) is 10.4. The largest absolute Gasteiger partial charge is 0.453 e. The van der Waals surface area contributed by atoms with Crippen LogP contribution in [-0.2, 0) is 26.2 Å². The van der Waals surface area contributed by atoms with Gasteiger partial charge >= 0.3 is 6.09 Å². The van der Waals surface area contributed by atoms with Gasteiger partial charge in [0.1, 0.15) is 6.04 Å². The number of amides is 2. The molecule has 232 valence electrons. The third-order valence-electron chi connectivity index (χ3n) is 7.46. The van der Waals surface area contributed by atoms with Crippen molar-refractivity contribution < 1.29 is 33.0 Å². The molecule has 4 N–H and O–H groups in total. The lowest BCUT2D eigenvalue weighted by molar-refractivity contribution is -0.124. The summed E-state index contributed by atoms with van der Waals surface area (Å²) in [5, 5.41) is 24.9. The quantitative estimate of drug-likeness (QED) is 0.206. The molecule has 0 aromatic heterocycles. The minimum absolute atomic E-state index is 0.0711. The van der Waals surface area contributed by atoms with E-state index in [1.807, 2.05) is 67.6 Å². The molecule has 0 saturated heterocycles. The van der Waals surface area contributed by atoms with Gasteiger partial charge in [0.25, 0.3) is 0 Å². The number of carbonyl (C=O) groups is 2. The Morgan fingerprint density at radius 2 is 1.42 bits per heavy atom. The van der Waals surface area contributed by atoms with Crippen molar-refractivity contribution in [2.75, 3.05) is 20.8 Å². The molecule has 3 aromatic rings. The van der Waals surface area contributed by atoms with Crippen LogP contribution in [0.5, 0.6) is 0 Å². The fourth-order valence-electron chi connectivity index (χ4n) is 4.97. The van der Waals surface area contributed by atoms with E-state index in [0.29, 0.717) is 24.8 Å². The van der Waals surface area contributed by atoms with E-state index in [9.17, 15) is 28.2 Å². The second-order valence-corrected chi connectivity index (χ2v) is 12.4. The summed E-state index contributed by atoms with van der Waals surface area (Å²) in [6.45, 7) is 1.28. The topological polar surface area (TPSA) is 145 Å². The highest BCUT2D eigenvalue weighted by molar-refractivity contribution is 7.89. The first-order valence-corrected chi connectivity index (χ1v) is 15.6. The van der Waals surface area contributed by atoms with Crippen LogP contribution in [0.1, 0.15) is 48.8 Å². The average Bonchev–Trinajstić information content (AvgIpc) is 3.03. The number of ether oxygens (including phenoxy) is 1. The van der Waals surface area contributed by atoms with Crippen molar-refractivity contribution >= 4 is 22.0 Å². The van der Waals surface area contributed by atoms with Gasteiger partial charge in [-0.2, -0.15) is 4.31 Å². The van der Waals surface area contributed by atoms with Gasteiger partial charge in [-0.25, -0.2) is 13.2 Å². The molecule has 3 aromatic carbocycles. The van der Waals surface area contributed by atoms with E-state index < -0.39 is 34.1 Å². The molecule has 0 fully saturated rings. The van der Waals surface area contributed by atoms with Gasteiger partial charge in [0.15, 0.2) is 0 Å². The third kappa shape index (κ3) is 9.11. The van der Waals surface area contributed by atoms with Crippen LogP contribution in [0, 0.1) is 0 Å². The number of likely N-dealkylation sites (N-methyl/N-ethyl adjacent to an activating group) is 1. The van der Waals surface area contributed by atoms with Crippen LogP contribution >= 0.6 is 0 Å². The average molecular weight is 612 g/mol.